The van der Waals surface area contributed by atoms with Gasteiger partial charge in [0.05, 0.1) is 7.11 Å². The zero-order chi connectivity index (χ0) is 15.5. The highest BCUT2D eigenvalue weighted by atomic mass is 16.5. The Hall–Kier alpha value is -2.88. The molecule has 22 heavy (non-hydrogen) atoms. The van der Waals surface area contributed by atoms with Gasteiger partial charge < -0.3 is 10.1 Å². The first-order chi connectivity index (χ1) is 10.7. The molecule has 2 aromatic carbocycles. The maximum atomic E-state index is 12.1. The summed E-state index contributed by atoms with van der Waals surface area (Å²) >= 11 is 0. The van der Waals surface area contributed by atoms with Crippen LogP contribution in [0.2, 0.25) is 0 Å². The van der Waals surface area contributed by atoms with Gasteiger partial charge in [0, 0.05) is 11.1 Å². The number of hydrogen-bond acceptors (Lipinski definition) is 3. The molecule has 4 nitrogen and oxygen atoms in total. The number of nitrogens with zero attached hydrogens (tertiary/aromatic N) is 1. The van der Waals surface area contributed by atoms with Crippen molar-refractivity contribution in [3.63, 3.8) is 0 Å². The minimum atomic E-state index is -0.207. The molecule has 0 atom stereocenters. The molecule has 1 aliphatic rings. The van der Waals surface area contributed by atoms with Crippen LogP contribution in [0.15, 0.2) is 59.2 Å². The van der Waals surface area contributed by atoms with Gasteiger partial charge in [-0.3, -0.25) is 4.79 Å². The first-order valence-electron chi connectivity index (χ1n) is 6.99. The van der Waals surface area contributed by atoms with E-state index in [1.54, 1.807) is 13.2 Å². The van der Waals surface area contributed by atoms with E-state index in [1.807, 2.05) is 55.5 Å². The predicted octanol–water partition coefficient (Wildman–Crippen LogP) is 2.92. The van der Waals surface area contributed by atoms with E-state index in [9.17, 15) is 4.79 Å². The van der Waals surface area contributed by atoms with Gasteiger partial charge in [-0.25, -0.2) is 4.99 Å². The van der Waals surface area contributed by atoms with Crippen molar-refractivity contribution in [2.75, 3.05) is 7.11 Å². The molecule has 0 aromatic heterocycles. The van der Waals surface area contributed by atoms with Gasteiger partial charge >= 0.3 is 0 Å². The van der Waals surface area contributed by atoms with Gasteiger partial charge in [-0.1, -0.05) is 48.0 Å². The van der Waals surface area contributed by atoms with E-state index >= 15 is 0 Å². The van der Waals surface area contributed by atoms with Gasteiger partial charge in [-0.15, -0.1) is 0 Å². The fourth-order valence-corrected chi connectivity index (χ4v) is 2.25. The van der Waals surface area contributed by atoms with Crippen molar-refractivity contribution in [3.8, 4) is 5.75 Å². The fourth-order valence-electron chi connectivity index (χ4n) is 2.25. The highest BCUT2D eigenvalue weighted by Gasteiger charge is 2.21. The molecule has 0 saturated heterocycles. The number of amides is 1. The SMILES string of the molecule is COc1ccccc1/C=C1/N=C(c2ccc(C)cc2)NC1=O. The summed E-state index contributed by atoms with van der Waals surface area (Å²) in [6, 6.07) is 15.4. The second-order valence-electron chi connectivity index (χ2n) is 5.05. The summed E-state index contributed by atoms with van der Waals surface area (Å²) in [5.74, 6) is 1.08. The second kappa shape index (κ2) is 5.85. The lowest BCUT2D eigenvalue weighted by molar-refractivity contribution is -0.115. The van der Waals surface area contributed by atoms with E-state index in [1.165, 1.54) is 5.56 Å². The van der Waals surface area contributed by atoms with Crippen LogP contribution in [0.1, 0.15) is 16.7 Å². The molecule has 0 bridgehead atoms. The number of benzene rings is 2. The van der Waals surface area contributed by atoms with Crippen LogP contribution >= 0.6 is 0 Å². The molecule has 0 spiro atoms. The first kappa shape index (κ1) is 14.1. The molecule has 3 rings (SSSR count). The van der Waals surface area contributed by atoms with Gasteiger partial charge in [0.25, 0.3) is 5.91 Å². The van der Waals surface area contributed by atoms with Crippen LogP contribution < -0.4 is 10.1 Å². The maximum Gasteiger partial charge on any atom is 0.275 e. The van der Waals surface area contributed by atoms with Crippen molar-refractivity contribution in [2.45, 2.75) is 6.92 Å². The normalized spacial score (nSPS) is 15.6. The molecular weight excluding hydrogens is 276 g/mol. The molecule has 0 radical (unpaired) electrons. The standard InChI is InChI=1S/C18H16N2O2/c1-12-7-9-13(10-8-12)17-19-15(18(21)20-17)11-14-5-3-4-6-16(14)22-2/h3-11H,1-2H3,(H,19,20,21)/b15-11+. The van der Waals surface area contributed by atoms with Crippen LogP contribution in [0, 0.1) is 6.92 Å². The Morgan fingerprint density at radius 1 is 1.09 bits per heavy atom. The zero-order valence-corrected chi connectivity index (χ0v) is 12.5. The summed E-state index contributed by atoms with van der Waals surface area (Å²) in [5, 5.41) is 2.80. The van der Waals surface area contributed by atoms with Crippen LogP contribution in [-0.2, 0) is 4.79 Å². The summed E-state index contributed by atoms with van der Waals surface area (Å²) in [6.07, 6.45) is 1.73. The van der Waals surface area contributed by atoms with Crippen LogP contribution in [0.25, 0.3) is 6.08 Å². The van der Waals surface area contributed by atoms with Crippen molar-refractivity contribution < 1.29 is 9.53 Å². The Balaban J connectivity index is 1.96. The van der Waals surface area contributed by atoms with Crippen molar-refractivity contribution >= 4 is 17.8 Å². The Labute approximate surface area is 129 Å². The third kappa shape index (κ3) is 2.76. The molecule has 1 heterocycles. The number of carbonyl (C=O) groups excluding carboxylic acids is 1. The molecule has 1 aliphatic heterocycles. The summed E-state index contributed by atoms with van der Waals surface area (Å²) < 4.78 is 5.29. The summed E-state index contributed by atoms with van der Waals surface area (Å²) in [7, 11) is 1.60. The number of aryl methyl sites for hydroxylation is 1. The third-order valence-electron chi connectivity index (χ3n) is 3.45. The number of aliphatic imine (C=N–C) groups is 1. The molecule has 110 valence electrons. The number of carbonyl (C=O) groups is 1. The quantitative estimate of drug-likeness (QED) is 0.884. The smallest absolute Gasteiger partial charge is 0.275 e. The Bertz CT molecular complexity index is 774. The van der Waals surface area contributed by atoms with Crippen molar-refractivity contribution in [3.05, 3.63) is 70.9 Å². The van der Waals surface area contributed by atoms with Crippen LogP contribution in [0.5, 0.6) is 5.75 Å². The third-order valence-corrected chi connectivity index (χ3v) is 3.45. The number of nitrogens with one attached hydrogen (secondary N) is 1. The molecule has 2 aromatic rings. The van der Waals surface area contributed by atoms with E-state index in [4.69, 9.17) is 4.74 Å². The Morgan fingerprint density at radius 3 is 2.55 bits per heavy atom. The topological polar surface area (TPSA) is 50.7 Å². The molecule has 0 saturated carbocycles. The predicted molar refractivity (Wildman–Crippen MR) is 86.8 cm³/mol. The van der Waals surface area contributed by atoms with Gasteiger partial charge in [-0.05, 0) is 19.1 Å². The lowest BCUT2D eigenvalue weighted by Gasteiger charge is -2.03. The summed E-state index contributed by atoms with van der Waals surface area (Å²) in [4.78, 5) is 16.5. The average Bonchev–Trinajstić information content (AvgIpc) is 2.89. The largest absolute Gasteiger partial charge is 0.496 e. The molecule has 0 aliphatic carbocycles. The van der Waals surface area contributed by atoms with E-state index in [-0.39, 0.29) is 5.91 Å². The Morgan fingerprint density at radius 2 is 1.82 bits per heavy atom. The number of hydrogen-bond donors (Lipinski definition) is 1. The van der Waals surface area contributed by atoms with Crippen LogP contribution in [0.3, 0.4) is 0 Å². The van der Waals surface area contributed by atoms with Gasteiger partial charge in [0.2, 0.25) is 0 Å². The number of ether oxygens (including phenoxy) is 1. The highest BCUT2D eigenvalue weighted by Crippen LogP contribution is 2.22. The van der Waals surface area contributed by atoms with Gasteiger partial charge in [0.15, 0.2) is 0 Å². The maximum absolute atomic E-state index is 12.1. The minimum Gasteiger partial charge on any atom is -0.496 e. The van der Waals surface area contributed by atoms with Crippen molar-refractivity contribution in [1.82, 2.24) is 5.32 Å². The van der Waals surface area contributed by atoms with E-state index < -0.39 is 0 Å². The molecule has 0 unspecified atom stereocenters. The molecule has 0 fully saturated rings. The molecular formula is C18H16N2O2. The summed E-state index contributed by atoms with van der Waals surface area (Å²) in [5.41, 5.74) is 3.25. The summed E-state index contributed by atoms with van der Waals surface area (Å²) in [6.45, 7) is 2.02. The molecule has 1 N–H and O–H groups in total. The lowest BCUT2D eigenvalue weighted by Crippen LogP contribution is -2.24. The number of para-hydroxylation sites is 1. The highest BCUT2D eigenvalue weighted by molar-refractivity contribution is 6.19. The van der Waals surface area contributed by atoms with Crippen molar-refractivity contribution in [2.24, 2.45) is 4.99 Å². The number of methoxy groups -OCH3 is 1. The van der Waals surface area contributed by atoms with E-state index in [2.05, 4.69) is 10.3 Å². The molecule has 1 amide bonds. The van der Waals surface area contributed by atoms with Crippen molar-refractivity contribution in [1.29, 1.82) is 0 Å². The molecule has 4 heteroatoms. The fraction of sp³-hybridized carbons (Fsp3) is 0.111. The van der Waals surface area contributed by atoms with Gasteiger partial charge in [-0.2, -0.15) is 0 Å². The average molecular weight is 292 g/mol. The Kier molecular flexibility index (Phi) is 3.74. The zero-order valence-electron chi connectivity index (χ0n) is 12.5. The minimum absolute atomic E-state index is 0.207. The monoisotopic (exact) mass is 292 g/mol. The van der Waals surface area contributed by atoms with E-state index in [0.29, 0.717) is 17.3 Å². The first-order valence-corrected chi connectivity index (χ1v) is 6.99. The lowest BCUT2D eigenvalue weighted by atomic mass is 10.1. The van der Waals surface area contributed by atoms with E-state index in [0.717, 1.165) is 11.1 Å². The number of amidine groups is 1. The number of rotatable bonds is 3. The van der Waals surface area contributed by atoms with Gasteiger partial charge in [0.1, 0.15) is 17.3 Å². The second-order valence-corrected chi connectivity index (χ2v) is 5.05. The van der Waals surface area contributed by atoms with Crippen LogP contribution in [-0.4, -0.2) is 18.9 Å². The van der Waals surface area contributed by atoms with Crippen LogP contribution in [0.4, 0.5) is 0 Å².